The van der Waals surface area contributed by atoms with E-state index >= 15 is 0 Å². The summed E-state index contributed by atoms with van der Waals surface area (Å²) < 4.78 is 11.6. The summed E-state index contributed by atoms with van der Waals surface area (Å²) in [7, 11) is 1.42. The molecule has 142 valence electrons. The van der Waals surface area contributed by atoms with Crippen molar-refractivity contribution in [1.29, 1.82) is 0 Å². The number of esters is 1. The molecule has 2 aliphatic heterocycles. The van der Waals surface area contributed by atoms with Crippen molar-refractivity contribution in [1.82, 2.24) is 0 Å². The third kappa shape index (κ3) is 2.82. The SMILES string of the molecule is COC(=O)C1=C(c2ccccc2)[C@H]2O[C@@H]1C(c1ccccc1)=C2c1ccccc1. The van der Waals surface area contributed by atoms with Gasteiger partial charge in [-0.15, -0.1) is 0 Å². The van der Waals surface area contributed by atoms with E-state index in [2.05, 4.69) is 24.3 Å². The Bertz CT molecular complexity index is 1110. The van der Waals surface area contributed by atoms with Crippen molar-refractivity contribution in [2.75, 3.05) is 7.11 Å². The van der Waals surface area contributed by atoms with Crippen LogP contribution in [0.2, 0.25) is 0 Å². The normalized spacial score (nSPS) is 20.3. The van der Waals surface area contributed by atoms with Crippen LogP contribution >= 0.6 is 0 Å². The summed E-state index contributed by atoms with van der Waals surface area (Å²) in [5, 5.41) is 0. The monoisotopic (exact) mass is 380 g/mol. The van der Waals surface area contributed by atoms with Crippen LogP contribution in [-0.2, 0) is 14.3 Å². The Morgan fingerprint density at radius 3 is 1.52 bits per heavy atom. The largest absolute Gasteiger partial charge is 0.466 e. The summed E-state index contributed by atoms with van der Waals surface area (Å²) in [6.07, 6.45) is -0.755. The molecule has 3 aromatic rings. The van der Waals surface area contributed by atoms with Crippen LogP contribution in [0, 0.1) is 0 Å². The molecule has 0 unspecified atom stereocenters. The van der Waals surface area contributed by atoms with Crippen molar-refractivity contribution < 1.29 is 14.3 Å². The molecule has 0 aromatic heterocycles. The molecule has 29 heavy (non-hydrogen) atoms. The maximum Gasteiger partial charge on any atom is 0.337 e. The van der Waals surface area contributed by atoms with E-state index in [1.165, 1.54) is 7.11 Å². The Kier molecular flexibility index (Phi) is 4.38. The summed E-state index contributed by atoms with van der Waals surface area (Å²) in [6.45, 7) is 0. The van der Waals surface area contributed by atoms with Crippen molar-refractivity contribution >= 4 is 22.7 Å². The smallest absolute Gasteiger partial charge is 0.337 e. The molecule has 3 nitrogen and oxygen atoms in total. The second-order valence-corrected chi connectivity index (χ2v) is 7.14. The lowest BCUT2D eigenvalue weighted by Crippen LogP contribution is -2.20. The molecule has 3 heteroatoms. The predicted octanol–water partition coefficient (Wildman–Crippen LogP) is 5.01. The number of hydrogen-bond donors (Lipinski definition) is 0. The number of ether oxygens (including phenoxy) is 2. The fourth-order valence-corrected chi connectivity index (χ4v) is 4.36. The van der Waals surface area contributed by atoms with Gasteiger partial charge in [0.1, 0.15) is 12.2 Å². The second-order valence-electron chi connectivity index (χ2n) is 7.14. The van der Waals surface area contributed by atoms with Gasteiger partial charge < -0.3 is 9.47 Å². The highest BCUT2D eigenvalue weighted by Crippen LogP contribution is 2.54. The van der Waals surface area contributed by atoms with Crippen LogP contribution in [0.5, 0.6) is 0 Å². The minimum Gasteiger partial charge on any atom is -0.466 e. The highest BCUT2D eigenvalue weighted by Gasteiger charge is 2.50. The number of carbonyl (C=O) groups is 1. The van der Waals surface area contributed by atoms with Gasteiger partial charge in [0.05, 0.1) is 12.7 Å². The molecular weight excluding hydrogens is 360 g/mol. The average molecular weight is 380 g/mol. The molecule has 2 bridgehead atoms. The molecule has 0 fully saturated rings. The van der Waals surface area contributed by atoms with E-state index in [-0.39, 0.29) is 12.1 Å². The Morgan fingerprint density at radius 1 is 0.655 bits per heavy atom. The van der Waals surface area contributed by atoms with Gasteiger partial charge in [-0.1, -0.05) is 91.0 Å². The Morgan fingerprint density at radius 2 is 1.07 bits per heavy atom. The van der Waals surface area contributed by atoms with Gasteiger partial charge in [-0.2, -0.15) is 0 Å². The Hall–Kier alpha value is -3.43. The van der Waals surface area contributed by atoms with Crippen LogP contribution in [0.3, 0.4) is 0 Å². The predicted molar refractivity (Wildman–Crippen MR) is 114 cm³/mol. The molecular formula is C26H20O3. The number of methoxy groups -OCH3 is 1. The minimum absolute atomic E-state index is 0.311. The first-order chi connectivity index (χ1) is 14.3. The van der Waals surface area contributed by atoms with E-state index in [0.29, 0.717) is 5.57 Å². The van der Waals surface area contributed by atoms with Crippen molar-refractivity contribution in [2.45, 2.75) is 12.2 Å². The number of rotatable bonds is 4. The molecule has 0 radical (unpaired) electrons. The van der Waals surface area contributed by atoms with E-state index in [4.69, 9.17) is 9.47 Å². The highest BCUT2D eigenvalue weighted by atomic mass is 16.5. The molecule has 2 aliphatic rings. The maximum atomic E-state index is 12.8. The van der Waals surface area contributed by atoms with Crippen LogP contribution in [0.15, 0.2) is 96.6 Å². The van der Waals surface area contributed by atoms with Gasteiger partial charge in [-0.3, -0.25) is 0 Å². The lowest BCUT2D eigenvalue weighted by Gasteiger charge is -2.22. The quantitative estimate of drug-likeness (QED) is 0.597. The number of fused-ring (bicyclic) bond motifs is 2. The van der Waals surface area contributed by atoms with Gasteiger partial charge in [0.25, 0.3) is 0 Å². The molecule has 0 saturated heterocycles. The third-order valence-electron chi connectivity index (χ3n) is 5.56. The van der Waals surface area contributed by atoms with Crippen LogP contribution in [-0.4, -0.2) is 25.3 Å². The molecule has 0 spiro atoms. The molecule has 0 saturated carbocycles. The van der Waals surface area contributed by atoms with Crippen molar-refractivity contribution in [2.24, 2.45) is 0 Å². The lowest BCUT2D eigenvalue weighted by molar-refractivity contribution is -0.136. The zero-order valence-corrected chi connectivity index (χ0v) is 16.0. The molecule has 0 amide bonds. The van der Waals surface area contributed by atoms with E-state index < -0.39 is 6.10 Å². The van der Waals surface area contributed by atoms with Gasteiger partial charge in [0, 0.05) is 5.57 Å². The summed E-state index contributed by atoms with van der Waals surface area (Å²) in [5.41, 5.74) is 6.82. The van der Waals surface area contributed by atoms with Gasteiger partial charge in [-0.05, 0) is 27.8 Å². The molecule has 0 N–H and O–H groups in total. The Labute approximate surface area is 169 Å². The molecule has 2 heterocycles. The maximum absolute atomic E-state index is 12.8. The summed E-state index contributed by atoms with van der Waals surface area (Å²) in [5.74, 6) is -0.336. The van der Waals surface area contributed by atoms with Gasteiger partial charge in [0.2, 0.25) is 0 Å². The molecule has 0 aliphatic carbocycles. The van der Waals surface area contributed by atoms with E-state index in [9.17, 15) is 4.79 Å². The van der Waals surface area contributed by atoms with Crippen LogP contribution in [0.25, 0.3) is 16.7 Å². The van der Waals surface area contributed by atoms with Crippen molar-refractivity contribution in [3.8, 4) is 0 Å². The van der Waals surface area contributed by atoms with Crippen LogP contribution in [0.1, 0.15) is 16.7 Å². The first-order valence-corrected chi connectivity index (χ1v) is 9.67. The van der Waals surface area contributed by atoms with Crippen molar-refractivity contribution in [3.05, 3.63) is 113 Å². The van der Waals surface area contributed by atoms with Gasteiger partial charge in [-0.25, -0.2) is 4.79 Å². The molecule has 5 rings (SSSR count). The van der Waals surface area contributed by atoms with Crippen molar-refractivity contribution in [3.63, 3.8) is 0 Å². The fraction of sp³-hybridized carbons (Fsp3) is 0.115. The molecule has 2 atom stereocenters. The fourth-order valence-electron chi connectivity index (χ4n) is 4.36. The zero-order valence-electron chi connectivity index (χ0n) is 16.0. The van der Waals surface area contributed by atoms with E-state index in [1.807, 2.05) is 66.7 Å². The standard InChI is InChI=1S/C26H20O3/c1-28-26(27)23-22(19-15-9-4-10-16-19)24-20(17-11-5-2-6-12-17)21(25(23)29-24)18-13-7-3-8-14-18/h2-16,24-25H,1H3/t24-,25+/m0/s1. The minimum atomic E-state index is -0.444. The summed E-state index contributed by atoms with van der Waals surface area (Å²) >= 11 is 0. The highest BCUT2D eigenvalue weighted by molar-refractivity contribution is 6.15. The van der Waals surface area contributed by atoms with Crippen LogP contribution < -0.4 is 0 Å². The van der Waals surface area contributed by atoms with E-state index in [0.717, 1.165) is 33.4 Å². The summed E-state index contributed by atoms with van der Waals surface area (Å²) in [4.78, 5) is 12.8. The second kappa shape index (κ2) is 7.19. The zero-order chi connectivity index (χ0) is 19.8. The Balaban J connectivity index is 1.76. The molecule has 3 aromatic carbocycles. The third-order valence-corrected chi connectivity index (χ3v) is 5.56. The topological polar surface area (TPSA) is 35.5 Å². The number of carbonyl (C=O) groups excluding carboxylic acids is 1. The van der Waals surface area contributed by atoms with Gasteiger partial charge in [0.15, 0.2) is 0 Å². The lowest BCUT2D eigenvalue weighted by atomic mass is 9.78. The van der Waals surface area contributed by atoms with Crippen LogP contribution in [0.4, 0.5) is 0 Å². The average Bonchev–Trinajstić information content (AvgIpc) is 3.37. The first kappa shape index (κ1) is 17.7. The number of benzene rings is 3. The number of hydrogen-bond acceptors (Lipinski definition) is 3. The summed E-state index contributed by atoms with van der Waals surface area (Å²) in [6, 6.07) is 30.4. The first-order valence-electron chi connectivity index (χ1n) is 9.67. The van der Waals surface area contributed by atoms with E-state index in [1.54, 1.807) is 0 Å². The van der Waals surface area contributed by atoms with Gasteiger partial charge >= 0.3 is 5.97 Å².